The number of fused-ring (bicyclic) bond motifs is 1. The molecule has 0 bridgehead atoms. The highest BCUT2D eigenvalue weighted by Gasteiger charge is 2.15. The predicted molar refractivity (Wildman–Crippen MR) is 81.8 cm³/mol. The van der Waals surface area contributed by atoms with Crippen molar-refractivity contribution in [1.29, 1.82) is 0 Å². The minimum absolute atomic E-state index is 0.253. The third-order valence-electron chi connectivity index (χ3n) is 3.38. The van der Waals surface area contributed by atoms with E-state index in [9.17, 15) is 0 Å². The number of aliphatic hydroxyl groups is 1. The molecule has 0 amide bonds. The number of ether oxygens (including phenoxy) is 2. The Labute approximate surface area is 124 Å². The molecule has 1 unspecified atom stereocenters. The van der Waals surface area contributed by atoms with E-state index in [0.29, 0.717) is 19.1 Å². The van der Waals surface area contributed by atoms with E-state index in [1.807, 2.05) is 0 Å². The van der Waals surface area contributed by atoms with Gasteiger partial charge in [-0.25, -0.2) is 0 Å². The zero-order valence-electron chi connectivity index (χ0n) is 12.1. The molecule has 2 N–H and O–H groups in total. The van der Waals surface area contributed by atoms with Crippen molar-refractivity contribution in [3.8, 4) is 11.5 Å². The van der Waals surface area contributed by atoms with Gasteiger partial charge in [-0.05, 0) is 42.8 Å². The third-order valence-corrected chi connectivity index (χ3v) is 4.20. The van der Waals surface area contributed by atoms with Crippen LogP contribution >= 0.6 is 11.8 Å². The van der Waals surface area contributed by atoms with Gasteiger partial charge in [0.05, 0.1) is 0 Å². The van der Waals surface area contributed by atoms with Crippen LogP contribution in [0.5, 0.6) is 11.5 Å². The van der Waals surface area contributed by atoms with E-state index < -0.39 is 0 Å². The topological polar surface area (TPSA) is 50.7 Å². The van der Waals surface area contributed by atoms with Crippen molar-refractivity contribution in [2.45, 2.75) is 24.8 Å². The second-order valence-electron chi connectivity index (χ2n) is 5.06. The molecule has 20 heavy (non-hydrogen) atoms. The second-order valence-corrected chi connectivity index (χ2v) is 5.90. The molecule has 1 aliphatic heterocycles. The molecule has 0 aliphatic carbocycles. The molecule has 4 nitrogen and oxygen atoms in total. The van der Waals surface area contributed by atoms with Gasteiger partial charge >= 0.3 is 0 Å². The highest BCUT2D eigenvalue weighted by Crippen LogP contribution is 2.36. The van der Waals surface area contributed by atoms with Crippen LogP contribution in [0.2, 0.25) is 0 Å². The van der Waals surface area contributed by atoms with E-state index in [2.05, 4.69) is 30.6 Å². The molecule has 2 rings (SSSR count). The van der Waals surface area contributed by atoms with Gasteiger partial charge < -0.3 is 19.9 Å². The summed E-state index contributed by atoms with van der Waals surface area (Å²) in [6.07, 6.45) is 2.91. The standard InChI is InChI=1S/C15H23NO3S/c1-11(3-4-17)9-16-10-12-7-13-14(8-15(12)20-2)19-6-5-18-13/h7-8,11,16-17H,3-6,9-10H2,1-2H3. The Balaban J connectivity index is 1.99. The molecule has 0 saturated carbocycles. The Bertz CT molecular complexity index is 439. The Morgan fingerprint density at radius 3 is 2.65 bits per heavy atom. The van der Waals surface area contributed by atoms with E-state index in [1.165, 1.54) is 10.5 Å². The number of hydrogen-bond donors (Lipinski definition) is 2. The fourth-order valence-electron chi connectivity index (χ4n) is 2.22. The Hall–Kier alpha value is -0.910. The van der Waals surface area contributed by atoms with E-state index >= 15 is 0 Å². The summed E-state index contributed by atoms with van der Waals surface area (Å²) < 4.78 is 11.2. The van der Waals surface area contributed by atoms with Gasteiger partial charge in [0.1, 0.15) is 13.2 Å². The lowest BCUT2D eigenvalue weighted by molar-refractivity contribution is 0.171. The van der Waals surface area contributed by atoms with Crippen LogP contribution in [0.15, 0.2) is 17.0 Å². The fraction of sp³-hybridized carbons (Fsp3) is 0.600. The minimum atomic E-state index is 0.253. The zero-order chi connectivity index (χ0) is 14.4. The van der Waals surface area contributed by atoms with Crippen molar-refractivity contribution >= 4 is 11.8 Å². The number of aliphatic hydroxyl groups excluding tert-OH is 1. The van der Waals surface area contributed by atoms with Crippen LogP contribution in [0, 0.1) is 5.92 Å². The van der Waals surface area contributed by atoms with Crippen molar-refractivity contribution in [2.24, 2.45) is 5.92 Å². The summed E-state index contributed by atoms with van der Waals surface area (Å²) in [5.41, 5.74) is 1.23. The van der Waals surface area contributed by atoms with Gasteiger partial charge in [-0.2, -0.15) is 0 Å². The molecule has 0 spiro atoms. The Kier molecular flexibility index (Phi) is 6.01. The van der Waals surface area contributed by atoms with Gasteiger partial charge in [0.15, 0.2) is 11.5 Å². The van der Waals surface area contributed by atoms with E-state index in [-0.39, 0.29) is 6.61 Å². The highest BCUT2D eigenvalue weighted by atomic mass is 32.2. The average molecular weight is 297 g/mol. The first-order valence-corrected chi connectivity index (χ1v) is 8.25. The van der Waals surface area contributed by atoms with Crippen molar-refractivity contribution in [3.05, 3.63) is 17.7 Å². The van der Waals surface area contributed by atoms with Crippen LogP contribution < -0.4 is 14.8 Å². The molecule has 0 aromatic heterocycles. The number of thioether (sulfide) groups is 1. The molecule has 1 aromatic carbocycles. The first-order valence-electron chi connectivity index (χ1n) is 7.02. The lowest BCUT2D eigenvalue weighted by Crippen LogP contribution is -2.22. The number of hydrogen-bond acceptors (Lipinski definition) is 5. The van der Waals surface area contributed by atoms with Crippen molar-refractivity contribution in [3.63, 3.8) is 0 Å². The normalized spacial score (nSPS) is 15.2. The molecule has 1 aliphatic rings. The maximum Gasteiger partial charge on any atom is 0.162 e. The molecule has 1 atom stereocenters. The molecule has 112 valence electrons. The summed E-state index contributed by atoms with van der Waals surface area (Å²) in [5, 5.41) is 12.4. The summed E-state index contributed by atoms with van der Waals surface area (Å²) in [6, 6.07) is 4.14. The number of nitrogens with one attached hydrogen (secondary N) is 1. The van der Waals surface area contributed by atoms with Gasteiger partial charge in [0, 0.05) is 18.0 Å². The van der Waals surface area contributed by atoms with Crippen LogP contribution in [0.1, 0.15) is 18.9 Å². The van der Waals surface area contributed by atoms with Crippen LogP contribution in [-0.2, 0) is 6.54 Å². The first-order chi connectivity index (χ1) is 9.74. The molecule has 0 radical (unpaired) electrons. The fourth-order valence-corrected chi connectivity index (χ4v) is 2.83. The van der Waals surface area contributed by atoms with Crippen LogP contribution in [0.25, 0.3) is 0 Å². The lowest BCUT2D eigenvalue weighted by Gasteiger charge is -2.21. The van der Waals surface area contributed by atoms with Gasteiger partial charge in [-0.15, -0.1) is 11.8 Å². The zero-order valence-corrected chi connectivity index (χ0v) is 13.0. The Morgan fingerprint density at radius 1 is 1.30 bits per heavy atom. The third kappa shape index (κ3) is 4.04. The van der Waals surface area contributed by atoms with Gasteiger partial charge in [-0.3, -0.25) is 0 Å². The van der Waals surface area contributed by atoms with E-state index in [4.69, 9.17) is 14.6 Å². The van der Waals surface area contributed by atoms with Crippen molar-refractivity contribution in [2.75, 3.05) is 32.6 Å². The maximum absolute atomic E-state index is 8.91. The molecular formula is C15H23NO3S. The van der Waals surface area contributed by atoms with Crippen molar-refractivity contribution < 1.29 is 14.6 Å². The van der Waals surface area contributed by atoms with Crippen molar-refractivity contribution in [1.82, 2.24) is 5.32 Å². The summed E-state index contributed by atoms with van der Waals surface area (Å²) in [6.45, 7) is 5.35. The molecule has 5 heteroatoms. The lowest BCUT2D eigenvalue weighted by atomic mass is 10.1. The number of benzene rings is 1. The smallest absolute Gasteiger partial charge is 0.162 e. The monoisotopic (exact) mass is 297 g/mol. The molecule has 0 saturated heterocycles. The number of rotatable bonds is 7. The summed E-state index contributed by atoms with van der Waals surface area (Å²) >= 11 is 1.72. The summed E-state index contributed by atoms with van der Waals surface area (Å²) in [4.78, 5) is 1.22. The minimum Gasteiger partial charge on any atom is -0.486 e. The molecular weight excluding hydrogens is 274 g/mol. The van der Waals surface area contributed by atoms with E-state index in [1.54, 1.807) is 11.8 Å². The first kappa shape index (κ1) is 15.5. The summed E-state index contributed by atoms with van der Waals surface area (Å²) in [5.74, 6) is 2.17. The predicted octanol–water partition coefficient (Wildman–Crippen LogP) is 2.29. The average Bonchev–Trinajstić information content (AvgIpc) is 2.46. The van der Waals surface area contributed by atoms with Crippen LogP contribution in [0.3, 0.4) is 0 Å². The van der Waals surface area contributed by atoms with Crippen LogP contribution in [-0.4, -0.2) is 37.7 Å². The SMILES string of the molecule is CSc1cc2c(cc1CNCC(C)CCO)OCCO2. The van der Waals surface area contributed by atoms with Gasteiger partial charge in [0.25, 0.3) is 0 Å². The summed E-state index contributed by atoms with van der Waals surface area (Å²) in [7, 11) is 0. The molecule has 1 heterocycles. The maximum atomic E-state index is 8.91. The quantitative estimate of drug-likeness (QED) is 0.756. The van der Waals surface area contributed by atoms with Gasteiger partial charge in [-0.1, -0.05) is 6.92 Å². The Morgan fingerprint density at radius 2 is 2.00 bits per heavy atom. The highest BCUT2D eigenvalue weighted by molar-refractivity contribution is 7.98. The second kappa shape index (κ2) is 7.76. The molecule has 1 aromatic rings. The van der Waals surface area contributed by atoms with Crippen LogP contribution in [0.4, 0.5) is 0 Å². The van der Waals surface area contributed by atoms with Gasteiger partial charge in [0.2, 0.25) is 0 Å². The largest absolute Gasteiger partial charge is 0.486 e. The molecule has 0 fully saturated rings. The van der Waals surface area contributed by atoms with E-state index in [0.717, 1.165) is 31.0 Å².